The number of hydrogen-bond donors (Lipinski definition) is 1. The molecule has 0 saturated heterocycles. The lowest BCUT2D eigenvalue weighted by Gasteiger charge is -2.15. The van der Waals surface area contributed by atoms with Crippen LogP contribution >= 0.6 is 0 Å². The summed E-state index contributed by atoms with van der Waals surface area (Å²) in [7, 11) is 0. The van der Waals surface area contributed by atoms with Crippen LogP contribution < -0.4 is 4.74 Å². The fourth-order valence-electron chi connectivity index (χ4n) is 2.67. The molecule has 0 fully saturated rings. The lowest BCUT2D eigenvalue weighted by atomic mass is 10.1. The van der Waals surface area contributed by atoms with Crippen molar-refractivity contribution >= 4 is 11.0 Å². The molecular weight excluding hydrogens is 284 g/mol. The van der Waals surface area contributed by atoms with Crippen molar-refractivity contribution in [1.29, 1.82) is 0 Å². The zero-order valence-corrected chi connectivity index (χ0v) is 13.9. The molecule has 2 aromatic carbocycles. The van der Waals surface area contributed by atoms with E-state index in [4.69, 9.17) is 4.74 Å². The van der Waals surface area contributed by atoms with Crippen LogP contribution in [0.3, 0.4) is 0 Å². The van der Waals surface area contributed by atoms with Gasteiger partial charge in [0.1, 0.15) is 11.6 Å². The van der Waals surface area contributed by atoms with E-state index in [1.165, 1.54) is 11.1 Å². The first-order valence-corrected chi connectivity index (χ1v) is 7.91. The van der Waals surface area contributed by atoms with Crippen LogP contribution in [0.15, 0.2) is 49.1 Å². The molecule has 0 aliphatic heterocycles. The summed E-state index contributed by atoms with van der Waals surface area (Å²) in [5, 5.41) is 0. The van der Waals surface area contributed by atoms with Crippen LogP contribution in [-0.4, -0.2) is 9.97 Å². The summed E-state index contributed by atoms with van der Waals surface area (Å²) in [4.78, 5) is 8.06. The number of allylic oxidation sites excluding steroid dienone is 1. The summed E-state index contributed by atoms with van der Waals surface area (Å²) in [6.07, 6.45) is 2.54. The zero-order valence-electron chi connectivity index (χ0n) is 13.9. The van der Waals surface area contributed by atoms with Crippen molar-refractivity contribution in [1.82, 2.24) is 9.97 Å². The standard InChI is InChI=1S/C20H22N2O/c1-5-8-16-9-6-7-10-19(16)23-15(4)20-21-17-11-13(2)14(3)12-18(17)22-20/h5-7,9-12,15H,1,8H2,2-4H3,(H,21,22)/t15-/m0/s1. The van der Waals surface area contributed by atoms with Gasteiger partial charge in [-0.05, 0) is 62.1 Å². The first-order chi connectivity index (χ1) is 11.1. The van der Waals surface area contributed by atoms with Gasteiger partial charge < -0.3 is 9.72 Å². The van der Waals surface area contributed by atoms with E-state index in [2.05, 4.69) is 48.6 Å². The van der Waals surface area contributed by atoms with Crippen molar-refractivity contribution in [2.24, 2.45) is 0 Å². The second-order valence-corrected chi connectivity index (χ2v) is 5.94. The highest BCUT2D eigenvalue weighted by atomic mass is 16.5. The van der Waals surface area contributed by atoms with Crippen LogP contribution in [0.5, 0.6) is 5.75 Å². The Kier molecular flexibility index (Phi) is 4.20. The minimum Gasteiger partial charge on any atom is -0.483 e. The number of imidazole rings is 1. The molecule has 0 aliphatic rings. The van der Waals surface area contributed by atoms with Crippen LogP contribution in [0.4, 0.5) is 0 Å². The Morgan fingerprint density at radius 2 is 1.96 bits per heavy atom. The first-order valence-electron chi connectivity index (χ1n) is 7.91. The van der Waals surface area contributed by atoms with Crippen molar-refractivity contribution in [2.75, 3.05) is 0 Å². The molecule has 1 atom stereocenters. The monoisotopic (exact) mass is 306 g/mol. The van der Waals surface area contributed by atoms with Crippen molar-refractivity contribution < 1.29 is 4.74 Å². The molecule has 0 aliphatic carbocycles. The fourth-order valence-corrected chi connectivity index (χ4v) is 2.67. The van der Waals surface area contributed by atoms with E-state index in [0.717, 1.165) is 34.6 Å². The normalized spacial score (nSPS) is 12.3. The highest BCUT2D eigenvalue weighted by Gasteiger charge is 2.14. The molecule has 0 spiro atoms. The predicted octanol–water partition coefficient (Wildman–Crippen LogP) is 5.05. The minimum absolute atomic E-state index is 0.144. The van der Waals surface area contributed by atoms with Crippen LogP contribution in [0.25, 0.3) is 11.0 Å². The number of H-pyrrole nitrogens is 1. The number of benzene rings is 2. The molecule has 0 unspecified atom stereocenters. The maximum absolute atomic E-state index is 6.13. The van der Waals surface area contributed by atoms with Gasteiger partial charge in [-0.15, -0.1) is 6.58 Å². The van der Waals surface area contributed by atoms with Crippen molar-refractivity contribution in [2.45, 2.75) is 33.3 Å². The summed E-state index contributed by atoms with van der Waals surface area (Å²) in [6, 6.07) is 12.3. The number of para-hydroxylation sites is 1. The highest BCUT2D eigenvalue weighted by Crippen LogP contribution is 2.26. The molecule has 0 radical (unpaired) electrons. The predicted molar refractivity (Wildman–Crippen MR) is 95.0 cm³/mol. The molecule has 3 aromatic rings. The number of nitrogens with one attached hydrogen (secondary N) is 1. The van der Waals surface area contributed by atoms with E-state index >= 15 is 0 Å². The third kappa shape index (κ3) is 3.14. The molecule has 1 aromatic heterocycles. The third-order valence-electron chi connectivity index (χ3n) is 4.14. The van der Waals surface area contributed by atoms with Gasteiger partial charge in [0.2, 0.25) is 0 Å². The van der Waals surface area contributed by atoms with Gasteiger partial charge in [-0.25, -0.2) is 4.98 Å². The molecule has 0 saturated carbocycles. The van der Waals surface area contributed by atoms with Gasteiger partial charge in [-0.1, -0.05) is 24.3 Å². The number of aromatic amines is 1. The maximum Gasteiger partial charge on any atom is 0.153 e. The van der Waals surface area contributed by atoms with Gasteiger partial charge in [0.25, 0.3) is 0 Å². The van der Waals surface area contributed by atoms with Crippen molar-refractivity contribution in [3.63, 3.8) is 0 Å². The first kappa shape index (κ1) is 15.3. The Balaban J connectivity index is 1.89. The molecule has 1 N–H and O–H groups in total. The van der Waals surface area contributed by atoms with E-state index in [-0.39, 0.29) is 6.10 Å². The van der Waals surface area contributed by atoms with Gasteiger partial charge in [0.05, 0.1) is 11.0 Å². The molecular formula is C20H22N2O. The van der Waals surface area contributed by atoms with Gasteiger partial charge in [0.15, 0.2) is 6.10 Å². The quantitative estimate of drug-likeness (QED) is 0.670. The van der Waals surface area contributed by atoms with E-state index < -0.39 is 0 Å². The largest absolute Gasteiger partial charge is 0.483 e. The summed E-state index contributed by atoms with van der Waals surface area (Å²) in [5.41, 5.74) is 5.69. The van der Waals surface area contributed by atoms with Crippen LogP contribution in [0, 0.1) is 13.8 Å². The molecule has 1 heterocycles. The zero-order chi connectivity index (χ0) is 16.4. The average Bonchev–Trinajstić information content (AvgIpc) is 2.93. The van der Waals surface area contributed by atoms with Crippen molar-refractivity contribution in [3.05, 3.63) is 71.6 Å². The molecule has 3 nitrogen and oxygen atoms in total. The molecule has 0 bridgehead atoms. The van der Waals surface area contributed by atoms with Crippen LogP contribution in [0.1, 0.15) is 35.5 Å². The number of fused-ring (bicyclic) bond motifs is 1. The highest BCUT2D eigenvalue weighted by molar-refractivity contribution is 5.77. The Bertz CT molecular complexity index is 809. The number of ether oxygens (including phenoxy) is 1. The summed E-state index contributed by atoms with van der Waals surface area (Å²) in [6.45, 7) is 10.0. The smallest absolute Gasteiger partial charge is 0.153 e. The molecule has 3 rings (SSSR count). The number of aryl methyl sites for hydroxylation is 2. The number of rotatable bonds is 5. The van der Waals surface area contributed by atoms with Crippen molar-refractivity contribution in [3.8, 4) is 5.75 Å². The molecule has 0 amide bonds. The molecule has 23 heavy (non-hydrogen) atoms. The van der Waals surface area contributed by atoms with Gasteiger partial charge in [0, 0.05) is 0 Å². The number of nitrogens with zero attached hydrogens (tertiary/aromatic N) is 1. The van der Waals surface area contributed by atoms with Gasteiger partial charge >= 0.3 is 0 Å². The fraction of sp³-hybridized carbons (Fsp3) is 0.250. The van der Waals surface area contributed by atoms with Crippen LogP contribution in [-0.2, 0) is 6.42 Å². The van der Waals surface area contributed by atoms with E-state index in [1.807, 2.05) is 31.2 Å². The van der Waals surface area contributed by atoms with E-state index in [1.54, 1.807) is 0 Å². The molecule has 118 valence electrons. The van der Waals surface area contributed by atoms with Crippen LogP contribution in [0.2, 0.25) is 0 Å². The second-order valence-electron chi connectivity index (χ2n) is 5.94. The Hall–Kier alpha value is -2.55. The van der Waals surface area contributed by atoms with Gasteiger partial charge in [-0.2, -0.15) is 0 Å². The molecule has 3 heteroatoms. The summed E-state index contributed by atoms with van der Waals surface area (Å²) >= 11 is 0. The summed E-state index contributed by atoms with van der Waals surface area (Å²) in [5.74, 6) is 1.73. The Morgan fingerprint density at radius 1 is 1.22 bits per heavy atom. The lowest BCUT2D eigenvalue weighted by Crippen LogP contribution is -2.06. The number of hydrogen-bond acceptors (Lipinski definition) is 2. The van der Waals surface area contributed by atoms with E-state index in [0.29, 0.717) is 0 Å². The Morgan fingerprint density at radius 3 is 2.74 bits per heavy atom. The lowest BCUT2D eigenvalue weighted by molar-refractivity contribution is 0.216. The SMILES string of the molecule is C=CCc1ccccc1O[C@@H](C)c1nc2cc(C)c(C)cc2[nH]1. The second kappa shape index (κ2) is 6.29. The topological polar surface area (TPSA) is 37.9 Å². The van der Waals surface area contributed by atoms with Gasteiger partial charge in [-0.3, -0.25) is 0 Å². The summed E-state index contributed by atoms with van der Waals surface area (Å²) < 4.78 is 6.13. The minimum atomic E-state index is -0.144. The third-order valence-corrected chi connectivity index (χ3v) is 4.14. The van der Waals surface area contributed by atoms with E-state index in [9.17, 15) is 0 Å². The average molecular weight is 306 g/mol. The maximum atomic E-state index is 6.13. The number of aromatic nitrogens is 2. The Labute approximate surface area is 137 Å².